The smallest absolute Gasteiger partial charge is 0.173 e. The van der Waals surface area contributed by atoms with Gasteiger partial charge in [0.15, 0.2) is 5.11 Å². The Morgan fingerprint density at radius 3 is 2.27 bits per heavy atom. The van der Waals surface area contributed by atoms with Gasteiger partial charge in [-0.25, -0.2) is 0 Å². The average Bonchev–Trinajstić information content (AvgIpc) is 2.77. The fraction of sp³-hybridized carbons (Fsp3) is 0.208. The molecule has 6 heteroatoms. The quantitative estimate of drug-likeness (QED) is 0.508. The fourth-order valence-electron chi connectivity index (χ4n) is 3.51. The molecular weight excluding hydrogens is 414 g/mol. The number of thiocarbonyl (C=S) groups is 1. The van der Waals surface area contributed by atoms with Crippen LogP contribution in [-0.2, 0) is 0 Å². The second-order valence-electron chi connectivity index (χ2n) is 7.27. The zero-order chi connectivity index (χ0) is 20.9. The highest BCUT2D eigenvalue weighted by molar-refractivity contribution is 7.80. The van der Waals surface area contributed by atoms with Crippen molar-refractivity contribution >= 4 is 40.3 Å². The molecule has 0 aromatic heterocycles. The van der Waals surface area contributed by atoms with Crippen LogP contribution in [0, 0.1) is 6.92 Å². The lowest BCUT2D eigenvalue weighted by atomic mass is 10.1. The number of piperazine rings is 1. The highest BCUT2D eigenvalue weighted by Gasteiger charge is 2.20. The summed E-state index contributed by atoms with van der Waals surface area (Å²) in [7, 11) is 0. The van der Waals surface area contributed by atoms with Crippen LogP contribution in [0.3, 0.4) is 0 Å². The number of ether oxygens (including phenoxy) is 1. The van der Waals surface area contributed by atoms with Gasteiger partial charge >= 0.3 is 0 Å². The Hall–Kier alpha value is -2.76. The van der Waals surface area contributed by atoms with Crippen molar-refractivity contribution in [1.82, 2.24) is 4.90 Å². The molecule has 3 aromatic carbocycles. The van der Waals surface area contributed by atoms with Gasteiger partial charge in [-0.2, -0.15) is 0 Å². The number of anilines is 2. The molecule has 1 heterocycles. The van der Waals surface area contributed by atoms with Crippen molar-refractivity contribution < 1.29 is 4.74 Å². The predicted octanol–water partition coefficient (Wildman–Crippen LogP) is 5.96. The number of nitrogens with zero attached hydrogens (tertiary/aromatic N) is 2. The van der Waals surface area contributed by atoms with Crippen LogP contribution in [0.1, 0.15) is 5.56 Å². The standard InChI is InChI=1S/C24H24ClN3OS/c1-18-7-8-19(25)17-23(18)27-13-15-28(16-14-27)24(30)26-20-9-11-22(12-10-20)29-21-5-3-2-4-6-21/h2-12,17H,13-16H2,1H3,(H,26,30). The summed E-state index contributed by atoms with van der Waals surface area (Å²) >= 11 is 11.8. The molecule has 0 amide bonds. The first kappa shape index (κ1) is 20.5. The van der Waals surface area contributed by atoms with Crippen molar-refractivity contribution in [2.45, 2.75) is 6.92 Å². The van der Waals surface area contributed by atoms with E-state index in [0.29, 0.717) is 0 Å². The molecule has 1 aliphatic heterocycles. The fourth-order valence-corrected chi connectivity index (χ4v) is 3.97. The number of aryl methyl sites for hydroxylation is 1. The molecule has 0 saturated carbocycles. The van der Waals surface area contributed by atoms with Gasteiger partial charge in [-0.3, -0.25) is 0 Å². The molecule has 1 fully saturated rings. The second-order valence-corrected chi connectivity index (χ2v) is 8.10. The molecule has 30 heavy (non-hydrogen) atoms. The minimum Gasteiger partial charge on any atom is -0.457 e. The monoisotopic (exact) mass is 437 g/mol. The Bertz CT molecular complexity index is 1000. The van der Waals surface area contributed by atoms with E-state index in [2.05, 4.69) is 28.1 Å². The van der Waals surface area contributed by atoms with E-state index in [-0.39, 0.29) is 0 Å². The Kier molecular flexibility index (Phi) is 6.41. The number of hydrogen-bond donors (Lipinski definition) is 1. The number of rotatable bonds is 4. The van der Waals surface area contributed by atoms with Crippen LogP contribution in [0.4, 0.5) is 11.4 Å². The number of benzene rings is 3. The Morgan fingerprint density at radius 1 is 0.900 bits per heavy atom. The normalized spacial score (nSPS) is 13.8. The van der Waals surface area contributed by atoms with Gasteiger partial charge in [-0.1, -0.05) is 35.9 Å². The van der Waals surface area contributed by atoms with Crippen LogP contribution in [0.2, 0.25) is 5.02 Å². The average molecular weight is 438 g/mol. The molecular formula is C24H24ClN3OS. The molecule has 1 aliphatic rings. The van der Waals surface area contributed by atoms with E-state index in [0.717, 1.165) is 53.5 Å². The summed E-state index contributed by atoms with van der Waals surface area (Å²) in [6, 6.07) is 23.7. The third kappa shape index (κ3) is 5.04. The first-order valence-corrected chi connectivity index (χ1v) is 10.8. The molecule has 4 rings (SSSR count). The van der Waals surface area contributed by atoms with Crippen LogP contribution in [-0.4, -0.2) is 36.2 Å². The molecule has 0 spiro atoms. The van der Waals surface area contributed by atoms with E-state index in [4.69, 9.17) is 28.6 Å². The van der Waals surface area contributed by atoms with Crippen LogP contribution in [0.5, 0.6) is 11.5 Å². The van der Waals surface area contributed by atoms with Crippen molar-refractivity contribution in [3.8, 4) is 11.5 Å². The van der Waals surface area contributed by atoms with Gasteiger partial charge in [0.25, 0.3) is 0 Å². The van der Waals surface area contributed by atoms with Gasteiger partial charge in [0.2, 0.25) is 0 Å². The highest BCUT2D eigenvalue weighted by atomic mass is 35.5. The van der Waals surface area contributed by atoms with E-state index in [9.17, 15) is 0 Å². The summed E-state index contributed by atoms with van der Waals surface area (Å²) < 4.78 is 5.84. The van der Waals surface area contributed by atoms with Crippen molar-refractivity contribution in [3.63, 3.8) is 0 Å². The third-order valence-electron chi connectivity index (χ3n) is 5.16. The minimum absolute atomic E-state index is 0.745. The first-order valence-electron chi connectivity index (χ1n) is 9.98. The SMILES string of the molecule is Cc1ccc(Cl)cc1N1CCN(C(=S)Nc2ccc(Oc3ccccc3)cc2)CC1. The largest absolute Gasteiger partial charge is 0.457 e. The molecule has 0 unspecified atom stereocenters. The van der Waals surface area contributed by atoms with Gasteiger partial charge in [-0.05, 0) is 73.2 Å². The number of nitrogens with one attached hydrogen (secondary N) is 1. The molecule has 0 aliphatic carbocycles. The molecule has 0 bridgehead atoms. The van der Waals surface area contributed by atoms with E-state index >= 15 is 0 Å². The van der Waals surface area contributed by atoms with Crippen molar-refractivity contribution in [1.29, 1.82) is 0 Å². The van der Waals surface area contributed by atoms with E-state index < -0.39 is 0 Å². The lowest BCUT2D eigenvalue weighted by Crippen LogP contribution is -2.50. The molecule has 0 atom stereocenters. The summed E-state index contributed by atoms with van der Waals surface area (Å²) in [4.78, 5) is 4.58. The van der Waals surface area contributed by atoms with E-state index in [1.54, 1.807) is 0 Å². The lowest BCUT2D eigenvalue weighted by Gasteiger charge is -2.38. The van der Waals surface area contributed by atoms with Crippen molar-refractivity contribution in [2.75, 3.05) is 36.4 Å². The maximum absolute atomic E-state index is 6.19. The maximum atomic E-state index is 6.19. The molecule has 1 saturated heterocycles. The number of hydrogen-bond acceptors (Lipinski definition) is 3. The summed E-state index contributed by atoms with van der Waals surface area (Å²) in [6.07, 6.45) is 0. The van der Waals surface area contributed by atoms with Crippen LogP contribution in [0.25, 0.3) is 0 Å². The summed E-state index contributed by atoms with van der Waals surface area (Å²) in [5, 5.41) is 4.86. The highest BCUT2D eigenvalue weighted by Crippen LogP contribution is 2.26. The molecule has 4 nitrogen and oxygen atoms in total. The van der Waals surface area contributed by atoms with Crippen LogP contribution < -0.4 is 15.0 Å². The van der Waals surface area contributed by atoms with Crippen LogP contribution >= 0.6 is 23.8 Å². The molecule has 1 N–H and O–H groups in total. The second kappa shape index (κ2) is 9.37. The Balaban J connectivity index is 1.31. The van der Waals surface area contributed by atoms with Gasteiger partial charge in [-0.15, -0.1) is 0 Å². The first-order chi connectivity index (χ1) is 14.6. The number of halogens is 1. The zero-order valence-electron chi connectivity index (χ0n) is 16.8. The summed E-state index contributed by atoms with van der Waals surface area (Å²) in [5.41, 5.74) is 3.40. The Labute approximate surface area is 188 Å². The summed E-state index contributed by atoms with van der Waals surface area (Å²) in [5.74, 6) is 1.62. The molecule has 0 radical (unpaired) electrons. The minimum atomic E-state index is 0.745. The van der Waals surface area contributed by atoms with E-state index in [1.807, 2.05) is 66.7 Å². The molecule has 3 aromatic rings. The van der Waals surface area contributed by atoms with Gasteiger partial charge < -0.3 is 19.9 Å². The summed E-state index contributed by atoms with van der Waals surface area (Å²) in [6.45, 7) is 5.68. The van der Waals surface area contributed by atoms with Gasteiger partial charge in [0.05, 0.1) is 0 Å². The molecule has 154 valence electrons. The van der Waals surface area contributed by atoms with Gasteiger partial charge in [0.1, 0.15) is 11.5 Å². The Morgan fingerprint density at radius 2 is 1.57 bits per heavy atom. The lowest BCUT2D eigenvalue weighted by molar-refractivity contribution is 0.390. The van der Waals surface area contributed by atoms with Crippen LogP contribution in [0.15, 0.2) is 72.8 Å². The number of para-hydroxylation sites is 1. The third-order valence-corrected chi connectivity index (χ3v) is 5.76. The van der Waals surface area contributed by atoms with Crippen molar-refractivity contribution in [2.24, 2.45) is 0 Å². The van der Waals surface area contributed by atoms with E-state index in [1.165, 1.54) is 11.3 Å². The maximum Gasteiger partial charge on any atom is 0.173 e. The zero-order valence-corrected chi connectivity index (χ0v) is 18.4. The predicted molar refractivity (Wildman–Crippen MR) is 129 cm³/mol. The van der Waals surface area contributed by atoms with Crippen molar-refractivity contribution in [3.05, 3.63) is 83.4 Å². The topological polar surface area (TPSA) is 27.7 Å². The van der Waals surface area contributed by atoms with Gasteiger partial charge in [0, 0.05) is 42.6 Å².